The first-order chi connectivity index (χ1) is 19.4. The zero-order valence-corrected chi connectivity index (χ0v) is 23.1. The van der Waals surface area contributed by atoms with Crippen molar-refractivity contribution in [1.29, 1.82) is 5.26 Å². The minimum atomic E-state index is -0.702. The molecule has 2 heterocycles. The summed E-state index contributed by atoms with van der Waals surface area (Å²) in [4.78, 5) is 14.0. The first-order valence-corrected chi connectivity index (χ1v) is 15.3. The molecule has 1 N–H and O–H groups in total. The zero-order valence-electron chi connectivity index (χ0n) is 22.3. The second kappa shape index (κ2) is 12.3. The SMILES string of the molecule is N#CC1(NC(=O)C2CCCCC2)CC1.O=S1CCN(c2ccc(-c3cnn(-c4c(F)cccc4F)c3)cc2)CC1. The number of hydrogen-bond donors (Lipinski definition) is 1. The van der Waals surface area contributed by atoms with Gasteiger partial charge in [0.25, 0.3) is 0 Å². The first kappa shape index (κ1) is 28.0. The lowest BCUT2D eigenvalue weighted by molar-refractivity contribution is -0.126. The highest BCUT2D eigenvalue weighted by atomic mass is 32.2. The fourth-order valence-corrected chi connectivity index (χ4v) is 6.21. The number of nitriles is 1. The molecular weight excluding hydrogens is 532 g/mol. The highest BCUT2D eigenvalue weighted by molar-refractivity contribution is 7.85. The van der Waals surface area contributed by atoms with E-state index in [9.17, 15) is 17.8 Å². The smallest absolute Gasteiger partial charge is 0.224 e. The van der Waals surface area contributed by atoms with Crippen LogP contribution in [0.5, 0.6) is 0 Å². The van der Waals surface area contributed by atoms with Gasteiger partial charge in [-0.2, -0.15) is 10.4 Å². The van der Waals surface area contributed by atoms with Gasteiger partial charge in [0.05, 0.1) is 12.3 Å². The second-order valence-electron chi connectivity index (χ2n) is 10.6. The Labute approximate surface area is 235 Å². The molecule has 0 atom stereocenters. The molecule has 1 saturated heterocycles. The number of aromatic nitrogens is 2. The summed E-state index contributed by atoms with van der Waals surface area (Å²) in [6.07, 6.45) is 10.5. The van der Waals surface area contributed by atoms with Crippen molar-refractivity contribution in [1.82, 2.24) is 15.1 Å². The molecule has 3 aliphatic rings. The average molecular weight is 566 g/mol. The molecule has 1 amide bonds. The molecule has 3 fully saturated rings. The van der Waals surface area contributed by atoms with Crippen molar-refractivity contribution >= 4 is 22.4 Å². The Balaban J connectivity index is 0.000000194. The average Bonchev–Trinajstić information content (AvgIpc) is 3.59. The lowest BCUT2D eigenvalue weighted by Gasteiger charge is -2.28. The summed E-state index contributed by atoms with van der Waals surface area (Å²) in [5.74, 6) is 0.374. The molecule has 210 valence electrons. The van der Waals surface area contributed by atoms with Crippen LogP contribution in [0.4, 0.5) is 14.5 Å². The third-order valence-electron chi connectivity index (χ3n) is 7.80. The van der Waals surface area contributed by atoms with E-state index in [-0.39, 0.29) is 17.5 Å². The van der Waals surface area contributed by atoms with Crippen LogP contribution in [0.3, 0.4) is 0 Å². The molecule has 7 nitrogen and oxygen atoms in total. The van der Waals surface area contributed by atoms with Crippen molar-refractivity contribution in [3.8, 4) is 22.9 Å². The normalized spacial score (nSPS) is 18.8. The van der Waals surface area contributed by atoms with Gasteiger partial charge < -0.3 is 10.2 Å². The van der Waals surface area contributed by atoms with E-state index in [1.165, 1.54) is 29.3 Å². The van der Waals surface area contributed by atoms with Crippen molar-refractivity contribution in [3.05, 3.63) is 66.5 Å². The van der Waals surface area contributed by atoms with Crippen LogP contribution >= 0.6 is 0 Å². The molecule has 1 aromatic heterocycles. The maximum Gasteiger partial charge on any atom is 0.224 e. The van der Waals surface area contributed by atoms with E-state index >= 15 is 0 Å². The standard InChI is InChI=1S/C19H17F2N3OS.C11H16N2O/c20-17-2-1-3-18(21)19(17)24-13-15(12-22-24)14-4-6-16(7-5-14)23-8-10-26(25)11-9-23;12-8-11(6-7-11)13-10(14)9-4-2-1-3-5-9/h1-7,12-13H,8-11H2;9H,1-7H2,(H,13,14). The Morgan fingerprint density at radius 3 is 2.25 bits per heavy atom. The van der Waals surface area contributed by atoms with Crippen LogP contribution in [-0.2, 0) is 15.6 Å². The van der Waals surface area contributed by atoms with Crippen LogP contribution < -0.4 is 10.2 Å². The van der Waals surface area contributed by atoms with Crippen LogP contribution in [0.15, 0.2) is 54.9 Å². The maximum absolute atomic E-state index is 13.9. The van der Waals surface area contributed by atoms with Crippen molar-refractivity contribution < 1.29 is 17.8 Å². The summed E-state index contributed by atoms with van der Waals surface area (Å²) >= 11 is 0. The largest absolute Gasteiger partial charge is 0.370 e. The van der Waals surface area contributed by atoms with Gasteiger partial charge in [0.15, 0.2) is 11.6 Å². The minimum absolute atomic E-state index is 0.115. The lowest BCUT2D eigenvalue weighted by Crippen LogP contribution is -2.40. The fraction of sp³-hybridized carbons (Fsp3) is 0.433. The molecule has 0 radical (unpaired) electrons. The van der Waals surface area contributed by atoms with Crippen molar-refractivity contribution in [2.45, 2.75) is 50.5 Å². The monoisotopic (exact) mass is 565 g/mol. The van der Waals surface area contributed by atoms with Gasteiger partial charge in [-0.1, -0.05) is 37.5 Å². The summed E-state index contributed by atoms with van der Waals surface area (Å²) in [7, 11) is -0.702. The zero-order chi connectivity index (χ0) is 28.1. The van der Waals surface area contributed by atoms with E-state index in [2.05, 4.69) is 21.4 Å². The quantitative estimate of drug-likeness (QED) is 0.464. The van der Waals surface area contributed by atoms with Gasteiger partial charge in [0, 0.05) is 58.8 Å². The van der Waals surface area contributed by atoms with Crippen LogP contribution in [0.1, 0.15) is 44.9 Å². The Kier molecular flexibility index (Phi) is 8.60. The topological polar surface area (TPSA) is 91.0 Å². The molecule has 2 aromatic carbocycles. The molecule has 40 heavy (non-hydrogen) atoms. The first-order valence-electron chi connectivity index (χ1n) is 13.8. The van der Waals surface area contributed by atoms with Gasteiger partial charge in [-0.15, -0.1) is 0 Å². The molecule has 2 aliphatic carbocycles. The fourth-order valence-electron chi connectivity index (χ4n) is 5.16. The lowest BCUT2D eigenvalue weighted by atomic mass is 9.88. The number of carbonyl (C=O) groups excluding carboxylic acids is 1. The molecule has 1 aliphatic heterocycles. The van der Waals surface area contributed by atoms with E-state index in [0.29, 0.717) is 11.5 Å². The number of nitrogens with zero attached hydrogens (tertiary/aromatic N) is 4. The Hall–Kier alpha value is -3.58. The Morgan fingerprint density at radius 2 is 1.65 bits per heavy atom. The van der Waals surface area contributed by atoms with Gasteiger partial charge in [-0.3, -0.25) is 9.00 Å². The van der Waals surface area contributed by atoms with Crippen molar-refractivity contribution in [2.24, 2.45) is 5.92 Å². The molecule has 6 rings (SSSR count). The summed E-state index contributed by atoms with van der Waals surface area (Å²) in [5.41, 5.74) is 2.11. The highest BCUT2D eigenvalue weighted by Gasteiger charge is 2.45. The Morgan fingerprint density at radius 1 is 1.00 bits per heavy atom. The summed E-state index contributed by atoms with van der Waals surface area (Å²) < 4.78 is 40.5. The number of nitrogens with one attached hydrogen (secondary N) is 1. The van der Waals surface area contributed by atoms with Gasteiger partial charge >= 0.3 is 0 Å². The summed E-state index contributed by atoms with van der Waals surface area (Å²) in [6.45, 7) is 1.58. The van der Waals surface area contributed by atoms with Crippen LogP contribution in [-0.4, -0.2) is 50.0 Å². The highest BCUT2D eigenvalue weighted by Crippen LogP contribution is 2.35. The van der Waals surface area contributed by atoms with Gasteiger partial charge in [-0.05, 0) is 55.5 Å². The second-order valence-corrected chi connectivity index (χ2v) is 12.3. The third-order valence-corrected chi connectivity index (χ3v) is 9.07. The molecule has 3 aromatic rings. The number of carbonyl (C=O) groups is 1. The number of benzene rings is 2. The van der Waals surface area contributed by atoms with Gasteiger partial charge in [0.1, 0.15) is 11.2 Å². The number of hydrogen-bond acceptors (Lipinski definition) is 5. The van der Waals surface area contributed by atoms with E-state index in [4.69, 9.17) is 5.26 Å². The van der Waals surface area contributed by atoms with E-state index in [1.807, 2.05) is 24.3 Å². The summed E-state index contributed by atoms with van der Waals surface area (Å²) in [5, 5.41) is 15.8. The van der Waals surface area contributed by atoms with Crippen LogP contribution in [0, 0.1) is 28.9 Å². The van der Waals surface area contributed by atoms with Crippen LogP contribution in [0.2, 0.25) is 0 Å². The molecule has 10 heteroatoms. The van der Waals surface area contributed by atoms with E-state index in [1.54, 1.807) is 12.4 Å². The number of rotatable bonds is 5. The number of para-hydroxylation sites is 1. The molecular formula is C30H33F2N5O2S. The predicted molar refractivity (Wildman–Crippen MR) is 151 cm³/mol. The molecule has 0 bridgehead atoms. The molecule has 2 saturated carbocycles. The van der Waals surface area contributed by atoms with Crippen molar-refractivity contribution in [2.75, 3.05) is 29.5 Å². The maximum atomic E-state index is 13.9. The number of amides is 1. The van der Waals surface area contributed by atoms with Crippen molar-refractivity contribution in [3.63, 3.8) is 0 Å². The van der Waals surface area contributed by atoms with Gasteiger partial charge in [-0.25, -0.2) is 13.5 Å². The summed E-state index contributed by atoms with van der Waals surface area (Å²) in [6, 6.07) is 13.9. The number of anilines is 1. The Bertz CT molecular complexity index is 1380. The van der Waals surface area contributed by atoms with E-state index in [0.717, 1.165) is 68.4 Å². The van der Waals surface area contributed by atoms with Crippen LogP contribution in [0.25, 0.3) is 16.8 Å². The van der Waals surface area contributed by atoms with Gasteiger partial charge in [0.2, 0.25) is 5.91 Å². The van der Waals surface area contributed by atoms with E-state index < -0.39 is 28.0 Å². The third kappa shape index (κ3) is 6.58. The minimum Gasteiger partial charge on any atom is -0.370 e. The predicted octanol–water partition coefficient (Wildman–Crippen LogP) is 5.13. The molecule has 0 unspecified atom stereocenters. The molecule has 0 spiro atoms. The number of halogens is 2.